The van der Waals surface area contributed by atoms with E-state index >= 15 is 0 Å². The zero-order valence-electron chi connectivity index (χ0n) is 12.9. The Morgan fingerprint density at radius 1 is 1.26 bits per heavy atom. The van der Waals surface area contributed by atoms with E-state index < -0.39 is 0 Å². The molecule has 4 nitrogen and oxygen atoms in total. The molecular formula is C17H18N2O2S2. The molecule has 0 bridgehead atoms. The summed E-state index contributed by atoms with van der Waals surface area (Å²) < 4.78 is 5.93. The Balaban J connectivity index is 1.77. The summed E-state index contributed by atoms with van der Waals surface area (Å²) in [5.74, 6) is -0.0392. The number of hydrazine groups is 1. The first kappa shape index (κ1) is 16.4. The van der Waals surface area contributed by atoms with Gasteiger partial charge in [-0.3, -0.25) is 4.79 Å². The Hall–Kier alpha value is -1.47. The molecular weight excluding hydrogens is 328 g/mol. The molecule has 2 fully saturated rings. The van der Waals surface area contributed by atoms with Crippen LogP contribution in [0, 0.1) is 0 Å². The highest BCUT2D eigenvalue weighted by Gasteiger charge is 2.36. The molecule has 23 heavy (non-hydrogen) atoms. The number of thioether (sulfide) groups is 1. The predicted octanol–water partition coefficient (Wildman–Crippen LogP) is 3.08. The van der Waals surface area contributed by atoms with Gasteiger partial charge in [0.25, 0.3) is 5.91 Å². The molecule has 2 aliphatic rings. The third kappa shape index (κ3) is 3.90. The van der Waals surface area contributed by atoms with Crippen LogP contribution >= 0.6 is 24.0 Å². The number of benzene rings is 1. The quantitative estimate of drug-likeness (QED) is 0.620. The fourth-order valence-corrected chi connectivity index (χ4v) is 3.88. The van der Waals surface area contributed by atoms with Gasteiger partial charge in [-0.2, -0.15) is 0 Å². The first-order chi connectivity index (χ1) is 11.1. The smallest absolute Gasteiger partial charge is 0.280 e. The molecule has 1 amide bonds. The summed E-state index contributed by atoms with van der Waals surface area (Å²) in [6.45, 7) is 4.64. The standard InChI is InChI=1S/C17H18N2O2S2/c1-13(11-14-5-3-2-4-6-14)12-15-16(20)19(17(22)23-15)18-7-9-21-10-8-18/h2-6,11-12H,7-10H2,1H3. The van der Waals surface area contributed by atoms with Crippen LogP contribution in [0.5, 0.6) is 0 Å². The lowest BCUT2D eigenvalue weighted by Gasteiger charge is -2.33. The second-order valence-corrected chi connectivity index (χ2v) is 7.03. The number of carbonyl (C=O) groups is 1. The number of allylic oxidation sites excluding steroid dienone is 2. The molecule has 0 saturated carbocycles. The van der Waals surface area contributed by atoms with E-state index in [4.69, 9.17) is 17.0 Å². The van der Waals surface area contributed by atoms with Crippen molar-refractivity contribution >= 4 is 40.3 Å². The Morgan fingerprint density at radius 2 is 1.96 bits per heavy atom. The van der Waals surface area contributed by atoms with Crippen LogP contribution < -0.4 is 0 Å². The second kappa shape index (κ2) is 7.40. The SMILES string of the molecule is CC(=Cc1ccccc1)C=C1SC(=S)N(N2CCOCC2)C1=O. The summed E-state index contributed by atoms with van der Waals surface area (Å²) in [6.07, 6.45) is 3.97. The number of amides is 1. The number of nitrogens with zero attached hydrogens (tertiary/aromatic N) is 2. The molecule has 2 saturated heterocycles. The van der Waals surface area contributed by atoms with E-state index in [1.54, 1.807) is 5.01 Å². The van der Waals surface area contributed by atoms with Crippen LogP contribution in [0.2, 0.25) is 0 Å². The van der Waals surface area contributed by atoms with Gasteiger partial charge in [-0.1, -0.05) is 60.4 Å². The lowest BCUT2D eigenvalue weighted by atomic mass is 10.1. The summed E-state index contributed by atoms with van der Waals surface area (Å²) in [7, 11) is 0. The molecule has 0 unspecified atom stereocenters. The highest BCUT2D eigenvalue weighted by atomic mass is 32.2. The van der Waals surface area contributed by atoms with Crippen LogP contribution in [-0.4, -0.2) is 46.5 Å². The molecule has 0 atom stereocenters. The third-order valence-electron chi connectivity index (χ3n) is 3.60. The van der Waals surface area contributed by atoms with Gasteiger partial charge in [0.1, 0.15) is 0 Å². The first-order valence-corrected chi connectivity index (χ1v) is 8.71. The van der Waals surface area contributed by atoms with Crippen molar-refractivity contribution in [1.82, 2.24) is 10.0 Å². The van der Waals surface area contributed by atoms with E-state index in [1.807, 2.05) is 48.3 Å². The highest BCUT2D eigenvalue weighted by molar-refractivity contribution is 8.26. The number of carbonyl (C=O) groups excluding carboxylic acids is 1. The highest BCUT2D eigenvalue weighted by Crippen LogP contribution is 2.33. The zero-order chi connectivity index (χ0) is 16.2. The zero-order valence-corrected chi connectivity index (χ0v) is 14.5. The van der Waals surface area contributed by atoms with Crippen molar-refractivity contribution < 1.29 is 9.53 Å². The molecule has 2 heterocycles. The number of morpholine rings is 1. The molecule has 0 N–H and O–H groups in total. The molecule has 3 rings (SSSR count). The largest absolute Gasteiger partial charge is 0.379 e. The fourth-order valence-electron chi connectivity index (χ4n) is 2.52. The molecule has 0 spiro atoms. The van der Waals surface area contributed by atoms with Crippen LogP contribution in [0.4, 0.5) is 0 Å². The average molecular weight is 346 g/mol. The van der Waals surface area contributed by atoms with Crippen LogP contribution in [-0.2, 0) is 9.53 Å². The summed E-state index contributed by atoms with van der Waals surface area (Å²) in [4.78, 5) is 13.3. The van der Waals surface area contributed by atoms with Crippen molar-refractivity contribution in [2.45, 2.75) is 6.92 Å². The normalized spacial score (nSPS) is 22.2. The summed E-state index contributed by atoms with van der Waals surface area (Å²) in [5.41, 5.74) is 2.14. The minimum absolute atomic E-state index is 0.0392. The monoisotopic (exact) mass is 346 g/mol. The van der Waals surface area contributed by atoms with Gasteiger partial charge in [-0.15, -0.1) is 0 Å². The number of ether oxygens (including phenoxy) is 1. The second-order valence-electron chi connectivity index (χ2n) is 5.36. The van der Waals surface area contributed by atoms with E-state index in [0.717, 1.165) is 11.1 Å². The minimum Gasteiger partial charge on any atom is -0.379 e. The Kier molecular flexibility index (Phi) is 5.27. The first-order valence-electron chi connectivity index (χ1n) is 7.49. The fraction of sp³-hybridized carbons (Fsp3) is 0.294. The van der Waals surface area contributed by atoms with Crippen LogP contribution in [0.25, 0.3) is 6.08 Å². The Morgan fingerprint density at radius 3 is 2.65 bits per heavy atom. The van der Waals surface area contributed by atoms with Crippen molar-refractivity contribution in [3.63, 3.8) is 0 Å². The number of hydrogen-bond donors (Lipinski definition) is 0. The molecule has 1 aromatic rings. The van der Waals surface area contributed by atoms with E-state index in [-0.39, 0.29) is 5.91 Å². The Bertz CT molecular complexity index is 664. The number of hydrogen-bond acceptors (Lipinski definition) is 5. The van der Waals surface area contributed by atoms with Crippen LogP contribution in [0.1, 0.15) is 12.5 Å². The van der Waals surface area contributed by atoms with Crippen molar-refractivity contribution in [1.29, 1.82) is 0 Å². The van der Waals surface area contributed by atoms with Crippen molar-refractivity contribution in [2.24, 2.45) is 0 Å². The number of thiocarbonyl (C=S) groups is 1. The molecule has 120 valence electrons. The summed E-state index contributed by atoms with van der Waals surface area (Å²) in [5, 5.41) is 3.59. The van der Waals surface area contributed by atoms with Gasteiger partial charge >= 0.3 is 0 Å². The van der Waals surface area contributed by atoms with Crippen molar-refractivity contribution in [3.05, 3.63) is 52.4 Å². The van der Waals surface area contributed by atoms with Gasteiger partial charge in [-0.25, -0.2) is 10.0 Å². The molecule has 6 heteroatoms. The van der Waals surface area contributed by atoms with E-state index in [2.05, 4.69) is 6.08 Å². The van der Waals surface area contributed by atoms with Gasteiger partial charge in [0, 0.05) is 13.1 Å². The number of rotatable bonds is 3. The van der Waals surface area contributed by atoms with Crippen LogP contribution in [0.15, 0.2) is 46.9 Å². The molecule has 0 radical (unpaired) electrons. The topological polar surface area (TPSA) is 32.8 Å². The molecule has 2 aliphatic heterocycles. The minimum atomic E-state index is -0.0392. The summed E-state index contributed by atoms with van der Waals surface area (Å²) >= 11 is 6.74. The lowest BCUT2D eigenvalue weighted by Crippen LogP contribution is -2.50. The van der Waals surface area contributed by atoms with Crippen molar-refractivity contribution in [3.8, 4) is 0 Å². The molecule has 0 aromatic heterocycles. The maximum absolute atomic E-state index is 12.6. The van der Waals surface area contributed by atoms with Crippen molar-refractivity contribution in [2.75, 3.05) is 26.3 Å². The van der Waals surface area contributed by atoms with Gasteiger partial charge < -0.3 is 4.74 Å². The van der Waals surface area contributed by atoms with Gasteiger partial charge in [0.15, 0.2) is 4.32 Å². The molecule has 1 aromatic carbocycles. The Labute approximate surface area is 145 Å². The van der Waals surface area contributed by atoms with Gasteiger partial charge in [0.05, 0.1) is 18.1 Å². The summed E-state index contributed by atoms with van der Waals surface area (Å²) in [6, 6.07) is 10.1. The van der Waals surface area contributed by atoms with E-state index in [9.17, 15) is 4.79 Å². The van der Waals surface area contributed by atoms with Gasteiger partial charge in [-0.05, 0) is 24.1 Å². The van der Waals surface area contributed by atoms with Crippen LogP contribution in [0.3, 0.4) is 0 Å². The van der Waals surface area contributed by atoms with E-state index in [0.29, 0.717) is 35.5 Å². The maximum atomic E-state index is 12.6. The average Bonchev–Trinajstić information content (AvgIpc) is 2.83. The lowest BCUT2D eigenvalue weighted by molar-refractivity contribution is -0.138. The molecule has 0 aliphatic carbocycles. The van der Waals surface area contributed by atoms with E-state index in [1.165, 1.54) is 11.8 Å². The predicted molar refractivity (Wildman–Crippen MR) is 97.6 cm³/mol. The van der Waals surface area contributed by atoms with Gasteiger partial charge in [0.2, 0.25) is 0 Å². The maximum Gasteiger partial charge on any atom is 0.280 e. The third-order valence-corrected chi connectivity index (χ3v) is 4.88.